The molecule has 1 fully saturated rings. The Morgan fingerprint density at radius 3 is 2.91 bits per heavy atom. The molecule has 0 saturated carbocycles. The first-order chi connectivity index (χ1) is 15.3. The predicted molar refractivity (Wildman–Crippen MR) is 121 cm³/mol. The monoisotopic (exact) mass is 474 g/mol. The minimum absolute atomic E-state index is 0.0789. The first-order valence-corrected chi connectivity index (χ1v) is 12.0. The van der Waals surface area contributed by atoms with Crippen LogP contribution in [0.1, 0.15) is 23.9 Å². The molecule has 1 aliphatic rings. The maximum atomic E-state index is 12.0. The van der Waals surface area contributed by atoms with Crippen molar-refractivity contribution in [3.8, 4) is 23.7 Å². The van der Waals surface area contributed by atoms with Crippen LogP contribution < -0.4 is 5.48 Å². The van der Waals surface area contributed by atoms with E-state index in [1.807, 2.05) is 25.2 Å². The highest BCUT2D eigenvalue weighted by Gasteiger charge is 2.34. The molecule has 8 nitrogen and oxygen atoms in total. The van der Waals surface area contributed by atoms with Crippen LogP contribution in [0.25, 0.3) is 10.2 Å². The number of aliphatic hydroxyl groups is 1. The first kappa shape index (κ1) is 24.3. The van der Waals surface area contributed by atoms with Crippen molar-refractivity contribution in [2.45, 2.75) is 25.8 Å². The van der Waals surface area contributed by atoms with Gasteiger partial charge >= 0.3 is 0 Å². The third-order valence-electron chi connectivity index (χ3n) is 5.64. The lowest BCUT2D eigenvalue weighted by molar-refractivity contribution is -0.138. The van der Waals surface area contributed by atoms with Crippen LogP contribution in [0.2, 0.25) is 0 Å². The Morgan fingerprint density at radius 1 is 1.47 bits per heavy atom. The van der Waals surface area contributed by atoms with E-state index in [2.05, 4.69) is 33.6 Å². The lowest BCUT2D eigenvalue weighted by atomic mass is 9.87. The maximum Gasteiger partial charge on any atom is 0.250 e. The van der Waals surface area contributed by atoms with Crippen molar-refractivity contribution in [2.75, 3.05) is 26.0 Å². The number of thiazole rings is 1. The van der Waals surface area contributed by atoms with E-state index in [4.69, 9.17) is 5.21 Å². The molecule has 4 atom stereocenters. The molecule has 0 aliphatic carbocycles. The molecule has 2 heterocycles. The molecular weight excluding hydrogens is 450 g/mol. The fourth-order valence-electron chi connectivity index (χ4n) is 3.56. The second-order valence-electron chi connectivity index (χ2n) is 8.06. The van der Waals surface area contributed by atoms with E-state index in [-0.39, 0.29) is 30.7 Å². The zero-order valence-electron chi connectivity index (χ0n) is 17.8. The van der Waals surface area contributed by atoms with Gasteiger partial charge in [0.15, 0.2) is 0 Å². The van der Waals surface area contributed by atoms with Gasteiger partial charge in [0, 0.05) is 30.3 Å². The molecule has 170 valence electrons. The number of benzene rings is 1. The van der Waals surface area contributed by atoms with Crippen molar-refractivity contribution in [1.29, 1.82) is 0 Å². The topological polar surface area (TPSA) is 126 Å². The van der Waals surface area contributed by atoms with Gasteiger partial charge in [-0.3, -0.25) is 19.1 Å². The van der Waals surface area contributed by atoms with Gasteiger partial charge in [-0.25, -0.2) is 10.5 Å². The molecule has 10 heteroatoms. The summed E-state index contributed by atoms with van der Waals surface area (Å²) in [4.78, 5) is 18.6. The molecule has 0 bridgehead atoms. The Bertz CT molecular complexity index is 1140. The zero-order valence-corrected chi connectivity index (χ0v) is 19.4. The summed E-state index contributed by atoms with van der Waals surface area (Å²) >= 11 is -0.967. The van der Waals surface area contributed by atoms with Crippen LogP contribution in [0.4, 0.5) is 0 Å². The number of likely N-dealkylation sites (tertiary alicyclic amines) is 1. The van der Waals surface area contributed by atoms with Gasteiger partial charge in [-0.1, -0.05) is 22.9 Å². The molecular formula is C22H24N3O5S2-. The van der Waals surface area contributed by atoms with Gasteiger partial charge < -0.3 is 9.66 Å². The van der Waals surface area contributed by atoms with Crippen LogP contribution in [-0.2, 0) is 22.3 Å². The van der Waals surface area contributed by atoms with Crippen molar-refractivity contribution in [2.24, 2.45) is 11.3 Å². The summed E-state index contributed by atoms with van der Waals surface area (Å²) < 4.78 is 23.2. The Balaban J connectivity index is 1.68. The van der Waals surface area contributed by atoms with Gasteiger partial charge in [-0.05, 0) is 50.4 Å². The quantitative estimate of drug-likeness (QED) is 0.236. The van der Waals surface area contributed by atoms with Crippen molar-refractivity contribution in [3.05, 3.63) is 28.8 Å². The zero-order chi connectivity index (χ0) is 23.3. The van der Waals surface area contributed by atoms with Crippen LogP contribution in [0.3, 0.4) is 0 Å². The van der Waals surface area contributed by atoms with Gasteiger partial charge in [0.05, 0.1) is 33.2 Å². The number of hydroxylamine groups is 1. The fraction of sp³-hybridized carbons (Fsp3) is 0.455. The number of hydrogen-bond acceptors (Lipinski definition) is 8. The highest BCUT2D eigenvalue weighted by atomic mass is 32.2. The Morgan fingerprint density at radius 2 is 2.25 bits per heavy atom. The number of likely N-dealkylation sites (N-methyl/N-ethyl adjacent to an activating group) is 1. The first-order valence-electron chi connectivity index (χ1n) is 9.98. The average Bonchev–Trinajstić information content (AvgIpc) is 3.15. The van der Waals surface area contributed by atoms with E-state index in [0.717, 1.165) is 27.3 Å². The van der Waals surface area contributed by atoms with Gasteiger partial charge in [0.2, 0.25) is 5.91 Å². The lowest BCUT2D eigenvalue weighted by Crippen LogP contribution is -2.55. The third-order valence-corrected chi connectivity index (χ3v) is 7.59. The van der Waals surface area contributed by atoms with E-state index in [0.29, 0.717) is 6.42 Å². The number of carbonyl (C=O) groups excluding carboxylic acids is 1. The summed E-state index contributed by atoms with van der Waals surface area (Å²) in [6, 6.07) is 5.72. The van der Waals surface area contributed by atoms with Crippen molar-refractivity contribution in [1.82, 2.24) is 15.4 Å². The van der Waals surface area contributed by atoms with Crippen LogP contribution in [0, 0.1) is 35.0 Å². The largest absolute Gasteiger partial charge is 0.772 e. The number of aromatic nitrogens is 1. The minimum Gasteiger partial charge on any atom is -0.772 e. The Kier molecular flexibility index (Phi) is 8.01. The van der Waals surface area contributed by atoms with Crippen LogP contribution in [0.15, 0.2) is 18.2 Å². The molecule has 2 aromatic rings. The summed E-state index contributed by atoms with van der Waals surface area (Å²) in [6.45, 7) is 2.42. The number of fused-ring (bicyclic) bond motifs is 1. The second kappa shape index (κ2) is 10.5. The van der Waals surface area contributed by atoms with E-state index in [1.165, 1.54) is 18.3 Å². The predicted octanol–water partition coefficient (Wildman–Crippen LogP) is 0.897. The number of nitrogens with zero attached hydrogens (tertiary/aromatic N) is 2. The number of amides is 1. The lowest BCUT2D eigenvalue weighted by Gasteiger charge is -2.42. The number of aliphatic hydroxyl groups excluding tert-OH is 1. The summed E-state index contributed by atoms with van der Waals surface area (Å²) in [5.74, 6) is 10.9. The fourth-order valence-corrected chi connectivity index (χ4v) is 5.37. The molecule has 32 heavy (non-hydrogen) atoms. The molecule has 0 spiro atoms. The third kappa shape index (κ3) is 5.73. The van der Waals surface area contributed by atoms with Crippen molar-refractivity contribution >= 4 is 38.5 Å². The molecule has 1 aromatic heterocycles. The van der Waals surface area contributed by atoms with E-state index in [9.17, 15) is 18.7 Å². The second-order valence-corrected chi connectivity index (χ2v) is 10.1. The summed E-state index contributed by atoms with van der Waals surface area (Å²) in [5, 5.41) is 19.0. The van der Waals surface area contributed by atoms with Crippen LogP contribution >= 0.6 is 11.3 Å². The molecule has 1 aliphatic heterocycles. The molecule has 3 rings (SSSR count). The SMILES string of the molecule is CN1C[C@@H](C#CC#Cc2ccc3nc(CC[C@@](C)(CS(=O)[O-])C(=O)NO)sc3c2)[C@@H]1CO. The van der Waals surface area contributed by atoms with Gasteiger partial charge in [-0.2, -0.15) is 0 Å². The minimum atomic E-state index is -2.42. The smallest absolute Gasteiger partial charge is 0.250 e. The molecule has 3 N–H and O–H groups in total. The Hall–Kier alpha value is -2.31. The molecule has 0 radical (unpaired) electrons. The van der Waals surface area contributed by atoms with Crippen molar-refractivity contribution in [3.63, 3.8) is 0 Å². The molecule has 1 unspecified atom stereocenters. The average molecular weight is 475 g/mol. The Labute approximate surface area is 193 Å². The number of hydrogen-bond donors (Lipinski definition) is 3. The van der Waals surface area contributed by atoms with Gasteiger partial charge in [-0.15, -0.1) is 11.3 Å². The molecule has 1 amide bonds. The van der Waals surface area contributed by atoms with Gasteiger partial charge in [0.1, 0.15) is 0 Å². The number of carbonyl (C=O) groups is 1. The highest BCUT2D eigenvalue weighted by molar-refractivity contribution is 7.79. The van der Waals surface area contributed by atoms with Crippen LogP contribution in [-0.4, -0.2) is 66.9 Å². The maximum absolute atomic E-state index is 12.0. The van der Waals surface area contributed by atoms with E-state index >= 15 is 0 Å². The molecule has 1 aromatic carbocycles. The van der Waals surface area contributed by atoms with Crippen LogP contribution in [0.5, 0.6) is 0 Å². The number of aryl methyl sites for hydroxylation is 1. The summed E-state index contributed by atoms with van der Waals surface area (Å²) in [6.07, 6.45) is 0.620. The number of rotatable bonds is 7. The van der Waals surface area contributed by atoms with E-state index in [1.54, 1.807) is 5.48 Å². The summed E-state index contributed by atoms with van der Waals surface area (Å²) in [7, 11) is 1.95. The molecule has 1 saturated heterocycles. The van der Waals surface area contributed by atoms with E-state index < -0.39 is 22.4 Å². The summed E-state index contributed by atoms with van der Waals surface area (Å²) in [5.41, 5.74) is 1.91. The standard InChI is InChI=1S/C22H25N3O5S2/c1-22(14-32(29)30,21(27)24-28)10-9-20-23-17-8-7-15(11-19(17)31-20)5-3-4-6-16-12-25(2)18(16)13-26/h7-8,11,16,18,26,28H,9-10,12-14H2,1-2H3,(H,24,27)(H,29,30)/p-1/t16-,18+,22+/m1/s1. The highest BCUT2D eigenvalue weighted by Crippen LogP contribution is 2.29. The van der Waals surface area contributed by atoms with Crippen molar-refractivity contribution < 1.29 is 23.9 Å². The number of nitrogens with one attached hydrogen (secondary N) is 1. The van der Waals surface area contributed by atoms with Gasteiger partial charge in [0.25, 0.3) is 0 Å². The normalized spacial score (nSPS) is 20.8.